The van der Waals surface area contributed by atoms with Gasteiger partial charge in [0.25, 0.3) is 0 Å². The van der Waals surface area contributed by atoms with Gasteiger partial charge in [-0.1, -0.05) is 42.5 Å². The lowest BCUT2D eigenvalue weighted by atomic mass is 9.99. The second-order valence-electron chi connectivity index (χ2n) is 9.29. The highest BCUT2D eigenvalue weighted by Crippen LogP contribution is 2.41. The van der Waals surface area contributed by atoms with Crippen molar-refractivity contribution in [2.75, 3.05) is 0 Å². The first-order chi connectivity index (χ1) is 20.2. The minimum absolute atomic E-state index is 0.0641. The van der Waals surface area contributed by atoms with Crippen molar-refractivity contribution < 1.29 is 26.7 Å². The lowest BCUT2D eigenvalue weighted by Gasteiger charge is -2.10. The summed E-state index contributed by atoms with van der Waals surface area (Å²) in [6.45, 7) is 0. The first-order valence-electron chi connectivity index (χ1n) is 12.3. The molecule has 0 fully saturated rings. The number of hydrogen-bond acceptors (Lipinski definition) is 4. The van der Waals surface area contributed by atoms with Gasteiger partial charge in [0, 0.05) is 29.4 Å². The van der Waals surface area contributed by atoms with E-state index in [0.29, 0.717) is 22.5 Å². The van der Waals surface area contributed by atoms with Gasteiger partial charge in [-0.05, 0) is 29.8 Å². The first-order valence-corrected chi connectivity index (χ1v) is 12.3. The number of nitriles is 2. The summed E-state index contributed by atoms with van der Waals surface area (Å²) in [5.74, 6) is -11.5. The van der Waals surface area contributed by atoms with E-state index in [1.165, 1.54) is 28.3 Å². The van der Waals surface area contributed by atoms with Crippen molar-refractivity contribution in [2.24, 2.45) is 7.05 Å². The fraction of sp³-hybridized carbons (Fsp3) is 0.0323. The standard InChI is InChI=1S/C31H14F5N5O/c1-40-21-12-17(11-20-22(15(13-37)14-38)18-9-5-6-10-19(18)29(20)42)41(16-7-3-2-4-8-16)30(21)39-31(40)23-24(32)26(34)28(36)27(35)25(23)33/h2-12H,1H3/b20-11-. The van der Waals surface area contributed by atoms with E-state index < -0.39 is 46.3 Å². The molecule has 3 aromatic carbocycles. The monoisotopic (exact) mass is 567 g/mol. The van der Waals surface area contributed by atoms with Crippen molar-refractivity contribution >= 4 is 28.6 Å². The summed E-state index contributed by atoms with van der Waals surface area (Å²) in [5, 5.41) is 19.3. The van der Waals surface area contributed by atoms with E-state index in [1.807, 2.05) is 12.1 Å². The maximum Gasteiger partial charge on any atom is 0.200 e. The van der Waals surface area contributed by atoms with Crippen LogP contribution in [0.1, 0.15) is 21.6 Å². The largest absolute Gasteiger partial charge is 0.326 e. The maximum atomic E-state index is 14.7. The summed E-state index contributed by atoms with van der Waals surface area (Å²) in [5.41, 5.74) is 0.629. The third-order valence-corrected chi connectivity index (χ3v) is 7.04. The number of ketones is 1. The quantitative estimate of drug-likeness (QED) is 0.0788. The average molecular weight is 567 g/mol. The highest BCUT2D eigenvalue weighted by atomic mass is 19.2. The van der Waals surface area contributed by atoms with Crippen LogP contribution in [0.3, 0.4) is 0 Å². The molecule has 204 valence electrons. The minimum Gasteiger partial charge on any atom is -0.326 e. The number of fused-ring (bicyclic) bond motifs is 2. The number of para-hydroxylation sites is 1. The summed E-state index contributed by atoms with van der Waals surface area (Å²) < 4.78 is 74.0. The number of aryl methyl sites for hydroxylation is 1. The first kappa shape index (κ1) is 26.4. The molecule has 0 saturated heterocycles. The van der Waals surface area contributed by atoms with E-state index in [9.17, 15) is 37.3 Å². The number of nitrogens with zero attached hydrogens (tertiary/aromatic N) is 5. The van der Waals surface area contributed by atoms with Crippen LogP contribution in [0, 0.1) is 51.7 Å². The summed E-state index contributed by atoms with van der Waals surface area (Å²) in [4.78, 5) is 17.8. The number of Topliss-reactive ketones (excluding diaryl/α,β-unsaturated/α-hetero) is 1. The van der Waals surface area contributed by atoms with Crippen LogP contribution in [0.2, 0.25) is 0 Å². The molecule has 6 nitrogen and oxygen atoms in total. The number of allylic oxidation sites excluding steroid dienone is 3. The molecule has 5 aromatic rings. The fourth-order valence-electron chi connectivity index (χ4n) is 5.12. The summed E-state index contributed by atoms with van der Waals surface area (Å²) in [7, 11) is 1.35. The van der Waals surface area contributed by atoms with Crippen LogP contribution in [-0.2, 0) is 7.05 Å². The van der Waals surface area contributed by atoms with E-state index in [2.05, 4.69) is 4.98 Å². The Kier molecular flexibility index (Phi) is 6.09. The van der Waals surface area contributed by atoms with Gasteiger partial charge in [0.1, 0.15) is 23.5 Å². The zero-order chi connectivity index (χ0) is 29.9. The van der Waals surface area contributed by atoms with Gasteiger partial charge in [0.05, 0.1) is 16.8 Å². The lowest BCUT2D eigenvalue weighted by molar-refractivity contribution is 0.104. The van der Waals surface area contributed by atoms with E-state index >= 15 is 0 Å². The molecule has 42 heavy (non-hydrogen) atoms. The van der Waals surface area contributed by atoms with Crippen molar-refractivity contribution in [3.8, 4) is 29.2 Å². The molecule has 0 atom stereocenters. The molecular formula is C31H14F5N5O. The number of carbonyl (C=O) groups is 1. The predicted octanol–water partition coefficient (Wildman–Crippen LogP) is 6.81. The van der Waals surface area contributed by atoms with Crippen LogP contribution in [0.5, 0.6) is 0 Å². The summed E-state index contributed by atoms with van der Waals surface area (Å²) >= 11 is 0. The molecule has 0 N–H and O–H groups in total. The smallest absolute Gasteiger partial charge is 0.200 e. The molecule has 2 heterocycles. The molecule has 0 saturated carbocycles. The van der Waals surface area contributed by atoms with Gasteiger partial charge in [-0.25, -0.2) is 26.9 Å². The topological polar surface area (TPSA) is 87.4 Å². The number of halogens is 5. The van der Waals surface area contributed by atoms with Gasteiger partial charge in [0.15, 0.2) is 34.7 Å². The number of imidazole rings is 1. The molecule has 0 unspecified atom stereocenters. The Balaban J connectivity index is 1.66. The van der Waals surface area contributed by atoms with Gasteiger partial charge < -0.3 is 4.57 Å². The van der Waals surface area contributed by atoms with Crippen molar-refractivity contribution in [3.05, 3.63) is 118 Å². The van der Waals surface area contributed by atoms with Crippen LogP contribution in [0.25, 0.3) is 39.9 Å². The Labute approximate surface area is 234 Å². The summed E-state index contributed by atoms with van der Waals surface area (Å²) in [6.07, 6.45) is 1.47. The Morgan fingerprint density at radius 1 is 0.833 bits per heavy atom. The molecule has 1 aliphatic carbocycles. The van der Waals surface area contributed by atoms with Crippen molar-refractivity contribution in [3.63, 3.8) is 0 Å². The Bertz CT molecular complexity index is 2100. The Hall–Kier alpha value is -5.81. The predicted molar refractivity (Wildman–Crippen MR) is 142 cm³/mol. The third-order valence-electron chi connectivity index (χ3n) is 7.04. The van der Waals surface area contributed by atoms with Gasteiger partial charge in [0.2, 0.25) is 5.82 Å². The van der Waals surface area contributed by atoms with Crippen LogP contribution in [0.15, 0.2) is 71.8 Å². The zero-order valence-corrected chi connectivity index (χ0v) is 21.4. The number of carbonyl (C=O) groups excluding carboxylic acids is 1. The van der Waals surface area contributed by atoms with Crippen LogP contribution in [-0.4, -0.2) is 19.9 Å². The molecular weight excluding hydrogens is 553 g/mol. The second kappa shape index (κ2) is 9.68. The van der Waals surface area contributed by atoms with E-state index in [4.69, 9.17) is 0 Å². The maximum absolute atomic E-state index is 14.7. The van der Waals surface area contributed by atoms with Crippen molar-refractivity contribution in [2.45, 2.75) is 0 Å². The van der Waals surface area contributed by atoms with E-state index in [1.54, 1.807) is 54.6 Å². The molecule has 0 radical (unpaired) electrons. The lowest BCUT2D eigenvalue weighted by Crippen LogP contribution is -2.07. The van der Waals surface area contributed by atoms with Crippen LogP contribution >= 0.6 is 0 Å². The second-order valence-corrected chi connectivity index (χ2v) is 9.29. The average Bonchev–Trinajstić information content (AvgIpc) is 3.61. The highest BCUT2D eigenvalue weighted by molar-refractivity contribution is 6.29. The number of hydrogen-bond donors (Lipinski definition) is 0. The Morgan fingerprint density at radius 2 is 1.40 bits per heavy atom. The molecule has 0 aliphatic heterocycles. The molecule has 6 rings (SSSR count). The molecule has 1 aliphatic rings. The molecule has 0 bridgehead atoms. The normalized spacial score (nSPS) is 13.5. The minimum atomic E-state index is -2.28. The zero-order valence-electron chi connectivity index (χ0n) is 21.4. The van der Waals surface area contributed by atoms with Crippen LogP contribution < -0.4 is 0 Å². The third kappa shape index (κ3) is 3.68. The van der Waals surface area contributed by atoms with Gasteiger partial charge in [-0.3, -0.25) is 9.36 Å². The van der Waals surface area contributed by atoms with E-state index in [0.717, 1.165) is 0 Å². The fourth-order valence-corrected chi connectivity index (χ4v) is 5.12. The summed E-state index contributed by atoms with van der Waals surface area (Å²) in [6, 6.07) is 20.3. The van der Waals surface area contributed by atoms with Gasteiger partial charge in [-0.2, -0.15) is 10.5 Å². The SMILES string of the molecule is Cn1c(-c2c(F)c(F)c(F)c(F)c2F)nc2c1cc(/C=C1\C(=O)c3ccccc3C1=C(C#N)C#N)n2-c1ccccc1. The Morgan fingerprint density at radius 3 is 2.02 bits per heavy atom. The molecule has 11 heteroatoms. The molecule has 0 amide bonds. The molecule has 0 spiro atoms. The van der Waals surface area contributed by atoms with E-state index in [-0.39, 0.29) is 27.9 Å². The highest BCUT2D eigenvalue weighted by Gasteiger charge is 2.34. The van der Waals surface area contributed by atoms with Gasteiger partial charge >= 0.3 is 0 Å². The molecule has 2 aromatic heterocycles. The van der Waals surface area contributed by atoms with Crippen molar-refractivity contribution in [1.29, 1.82) is 10.5 Å². The van der Waals surface area contributed by atoms with Gasteiger partial charge in [-0.15, -0.1) is 0 Å². The van der Waals surface area contributed by atoms with Crippen molar-refractivity contribution in [1.82, 2.24) is 14.1 Å². The number of rotatable bonds is 3. The van der Waals surface area contributed by atoms with Crippen LogP contribution in [0.4, 0.5) is 22.0 Å². The number of benzene rings is 3. The number of aromatic nitrogens is 3.